The van der Waals surface area contributed by atoms with Crippen molar-refractivity contribution < 1.29 is 0 Å². The van der Waals surface area contributed by atoms with Gasteiger partial charge in [0.15, 0.2) is 0 Å². The lowest BCUT2D eigenvalue weighted by Gasteiger charge is -2.36. The third-order valence-corrected chi connectivity index (χ3v) is 4.14. The molecule has 0 bridgehead atoms. The van der Waals surface area contributed by atoms with E-state index < -0.39 is 0 Å². The summed E-state index contributed by atoms with van der Waals surface area (Å²) in [6.45, 7) is 11.8. The molecule has 0 spiro atoms. The molecule has 1 heterocycles. The maximum atomic E-state index is 2.60. The SMILES string of the molecule is CC(C)C1CN(C(C)C)CCS1. The average Bonchev–Trinajstić information content (AvgIpc) is 2.04. The summed E-state index contributed by atoms with van der Waals surface area (Å²) in [7, 11) is 0. The van der Waals surface area contributed by atoms with Gasteiger partial charge in [0.1, 0.15) is 0 Å². The third-order valence-electron chi connectivity index (χ3n) is 2.60. The minimum absolute atomic E-state index is 0.729. The largest absolute Gasteiger partial charge is 0.299 e. The Morgan fingerprint density at radius 1 is 1.25 bits per heavy atom. The molecule has 0 N–H and O–H groups in total. The van der Waals surface area contributed by atoms with Crippen LogP contribution in [0.2, 0.25) is 0 Å². The molecule has 0 amide bonds. The molecule has 0 saturated carbocycles. The van der Waals surface area contributed by atoms with Crippen molar-refractivity contribution in [3.8, 4) is 0 Å². The molecule has 72 valence electrons. The molecular weight excluding hydrogens is 166 g/mol. The molecule has 12 heavy (non-hydrogen) atoms. The molecule has 1 fully saturated rings. The first-order chi connectivity index (χ1) is 5.61. The Morgan fingerprint density at radius 3 is 2.42 bits per heavy atom. The molecule has 0 radical (unpaired) electrons. The van der Waals surface area contributed by atoms with Gasteiger partial charge in [0.2, 0.25) is 0 Å². The van der Waals surface area contributed by atoms with Crippen molar-refractivity contribution in [2.75, 3.05) is 18.8 Å². The lowest BCUT2D eigenvalue weighted by atomic mass is 10.1. The van der Waals surface area contributed by atoms with Gasteiger partial charge in [0.25, 0.3) is 0 Å². The van der Waals surface area contributed by atoms with Crippen molar-refractivity contribution in [1.82, 2.24) is 4.90 Å². The molecule has 1 atom stereocenters. The van der Waals surface area contributed by atoms with E-state index in [1.807, 2.05) is 0 Å². The third kappa shape index (κ3) is 2.67. The van der Waals surface area contributed by atoms with E-state index in [4.69, 9.17) is 0 Å². The van der Waals surface area contributed by atoms with Crippen molar-refractivity contribution in [1.29, 1.82) is 0 Å². The molecule has 0 aromatic rings. The van der Waals surface area contributed by atoms with Gasteiger partial charge in [-0.15, -0.1) is 0 Å². The van der Waals surface area contributed by atoms with Gasteiger partial charge in [0.05, 0.1) is 0 Å². The minimum atomic E-state index is 0.729. The van der Waals surface area contributed by atoms with Crippen LogP contribution in [-0.2, 0) is 0 Å². The second-order valence-electron chi connectivity index (χ2n) is 4.24. The highest BCUT2D eigenvalue weighted by Crippen LogP contribution is 2.25. The Bertz CT molecular complexity index is 120. The normalized spacial score (nSPS) is 27.0. The van der Waals surface area contributed by atoms with Gasteiger partial charge < -0.3 is 0 Å². The first-order valence-electron chi connectivity index (χ1n) is 4.97. The van der Waals surface area contributed by atoms with Gasteiger partial charge >= 0.3 is 0 Å². The highest BCUT2D eigenvalue weighted by Gasteiger charge is 2.23. The van der Waals surface area contributed by atoms with Crippen LogP contribution in [-0.4, -0.2) is 35.0 Å². The first kappa shape index (κ1) is 10.4. The second-order valence-corrected chi connectivity index (χ2v) is 5.59. The smallest absolute Gasteiger partial charge is 0.0198 e. The molecule has 0 aromatic heterocycles. The molecule has 2 heteroatoms. The molecule has 1 saturated heterocycles. The van der Waals surface area contributed by atoms with E-state index >= 15 is 0 Å². The number of hydrogen-bond acceptors (Lipinski definition) is 2. The van der Waals surface area contributed by atoms with Crippen LogP contribution in [0.15, 0.2) is 0 Å². The van der Waals surface area contributed by atoms with Crippen molar-refractivity contribution in [2.45, 2.75) is 39.0 Å². The Hall–Kier alpha value is 0.310. The minimum Gasteiger partial charge on any atom is -0.299 e. The Kier molecular flexibility index (Phi) is 3.91. The number of rotatable bonds is 2. The van der Waals surface area contributed by atoms with E-state index in [1.54, 1.807) is 0 Å². The molecule has 0 aliphatic carbocycles. The summed E-state index contributed by atoms with van der Waals surface area (Å²) < 4.78 is 0. The Labute approximate surface area is 80.9 Å². The van der Waals surface area contributed by atoms with Gasteiger partial charge in [0, 0.05) is 30.1 Å². The molecule has 1 aliphatic heterocycles. The standard InChI is InChI=1S/C10H21NS/c1-8(2)10-7-11(9(3)4)5-6-12-10/h8-10H,5-7H2,1-4H3. The maximum absolute atomic E-state index is 2.60. The van der Waals surface area contributed by atoms with Crippen LogP contribution in [0.25, 0.3) is 0 Å². The average molecular weight is 187 g/mol. The molecule has 0 aromatic carbocycles. The Balaban J connectivity index is 2.40. The van der Waals surface area contributed by atoms with Crippen LogP contribution in [0.5, 0.6) is 0 Å². The van der Waals surface area contributed by atoms with E-state index in [2.05, 4.69) is 44.4 Å². The molecular formula is C10H21NS. The zero-order valence-electron chi connectivity index (χ0n) is 8.71. The fraction of sp³-hybridized carbons (Fsp3) is 1.00. The fourth-order valence-electron chi connectivity index (χ4n) is 1.57. The van der Waals surface area contributed by atoms with Gasteiger partial charge in [-0.2, -0.15) is 11.8 Å². The van der Waals surface area contributed by atoms with E-state index in [0.717, 1.165) is 17.2 Å². The summed E-state index contributed by atoms with van der Waals surface area (Å²) >= 11 is 2.15. The topological polar surface area (TPSA) is 3.24 Å². The fourth-order valence-corrected chi connectivity index (χ4v) is 2.89. The van der Waals surface area contributed by atoms with Crippen molar-refractivity contribution in [3.63, 3.8) is 0 Å². The predicted molar refractivity (Wildman–Crippen MR) is 57.8 cm³/mol. The van der Waals surface area contributed by atoms with Gasteiger partial charge in [-0.25, -0.2) is 0 Å². The maximum Gasteiger partial charge on any atom is 0.0198 e. The Morgan fingerprint density at radius 2 is 1.92 bits per heavy atom. The van der Waals surface area contributed by atoms with E-state index in [-0.39, 0.29) is 0 Å². The van der Waals surface area contributed by atoms with Crippen molar-refractivity contribution in [2.24, 2.45) is 5.92 Å². The number of hydrogen-bond donors (Lipinski definition) is 0. The molecule has 1 aliphatic rings. The highest BCUT2D eigenvalue weighted by molar-refractivity contribution is 8.00. The van der Waals surface area contributed by atoms with Crippen LogP contribution >= 0.6 is 11.8 Å². The van der Waals surface area contributed by atoms with Crippen LogP contribution in [0.1, 0.15) is 27.7 Å². The zero-order chi connectivity index (χ0) is 9.14. The lowest BCUT2D eigenvalue weighted by molar-refractivity contribution is 0.219. The van der Waals surface area contributed by atoms with E-state index in [1.165, 1.54) is 18.8 Å². The summed E-state index contributed by atoms with van der Waals surface area (Å²) in [5.74, 6) is 2.15. The highest BCUT2D eigenvalue weighted by atomic mass is 32.2. The lowest BCUT2D eigenvalue weighted by Crippen LogP contribution is -2.43. The quantitative estimate of drug-likeness (QED) is 0.653. The van der Waals surface area contributed by atoms with E-state index in [9.17, 15) is 0 Å². The summed E-state index contributed by atoms with van der Waals surface area (Å²) in [5.41, 5.74) is 0. The van der Waals surface area contributed by atoms with Gasteiger partial charge in [-0.3, -0.25) is 4.90 Å². The molecule has 1 rings (SSSR count). The summed E-state index contributed by atoms with van der Waals surface area (Å²) in [6, 6.07) is 0.729. The summed E-state index contributed by atoms with van der Waals surface area (Å²) in [6.07, 6.45) is 0. The van der Waals surface area contributed by atoms with E-state index in [0.29, 0.717) is 0 Å². The first-order valence-corrected chi connectivity index (χ1v) is 6.01. The van der Waals surface area contributed by atoms with Crippen LogP contribution in [0.3, 0.4) is 0 Å². The van der Waals surface area contributed by atoms with Crippen LogP contribution in [0.4, 0.5) is 0 Å². The number of thioether (sulfide) groups is 1. The second kappa shape index (κ2) is 4.52. The monoisotopic (exact) mass is 187 g/mol. The van der Waals surface area contributed by atoms with Crippen molar-refractivity contribution in [3.05, 3.63) is 0 Å². The van der Waals surface area contributed by atoms with Crippen LogP contribution < -0.4 is 0 Å². The predicted octanol–water partition coefficient (Wildman–Crippen LogP) is 2.47. The van der Waals surface area contributed by atoms with Gasteiger partial charge in [-0.05, 0) is 19.8 Å². The summed E-state index contributed by atoms with van der Waals surface area (Å²) in [5, 5.41) is 0.862. The van der Waals surface area contributed by atoms with Crippen LogP contribution in [0, 0.1) is 5.92 Å². The summed E-state index contributed by atoms with van der Waals surface area (Å²) in [4.78, 5) is 2.60. The molecule has 1 nitrogen and oxygen atoms in total. The van der Waals surface area contributed by atoms with Gasteiger partial charge in [-0.1, -0.05) is 13.8 Å². The van der Waals surface area contributed by atoms with Crippen molar-refractivity contribution >= 4 is 11.8 Å². The zero-order valence-corrected chi connectivity index (χ0v) is 9.53. The molecule has 1 unspecified atom stereocenters. The number of nitrogens with zero attached hydrogens (tertiary/aromatic N) is 1.